The highest BCUT2D eigenvalue weighted by Gasteiger charge is 2.43. The smallest absolute Gasteiger partial charge is 0.181 e. The summed E-state index contributed by atoms with van der Waals surface area (Å²) in [4.78, 5) is 0. The van der Waals surface area contributed by atoms with Gasteiger partial charge in [0.2, 0.25) is 0 Å². The van der Waals surface area contributed by atoms with Gasteiger partial charge in [-0.1, -0.05) is 406 Å². The van der Waals surface area contributed by atoms with Crippen LogP contribution in [-0.2, 0) is 0 Å². The molecule has 24 aromatic rings. The molecule has 0 N–H and O–H groups in total. The summed E-state index contributed by atoms with van der Waals surface area (Å²) < 4.78 is 5.17. The first-order valence-electron chi connectivity index (χ1n) is 41.1. The van der Waals surface area contributed by atoms with E-state index in [0.717, 1.165) is 0 Å². The number of hydrogen-bond acceptors (Lipinski definition) is 1. The van der Waals surface area contributed by atoms with Gasteiger partial charge in [-0.05, 0) is 223 Å². The van der Waals surface area contributed by atoms with Crippen molar-refractivity contribution in [1.29, 1.82) is 0 Å². The van der Waals surface area contributed by atoms with E-state index < -0.39 is 8.07 Å². The minimum atomic E-state index is -2.81. The molecule has 1 nitrogen and oxygen atoms in total. The first-order chi connectivity index (χ1) is 59.0. The zero-order chi connectivity index (χ0) is 78.7. The van der Waals surface area contributed by atoms with E-state index in [0.29, 0.717) is 0 Å². The first-order valence-corrected chi connectivity index (χ1v) is 43.9. The second-order valence-corrected chi connectivity index (χ2v) is 36.0. The number of nitrogens with zero attached hydrogens (tertiary/aromatic N) is 1. The Bertz CT molecular complexity index is 7770. The van der Waals surface area contributed by atoms with Crippen LogP contribution < -0.4 is 20.7 Å². The van der Waals surface area contributed by atoms with E-state index in [4.69, 9.17) is 0 Å². The number of fused-ring (bicyclic) bond motifs is 15. The van der Waals surface area contributed by atoms with Gasteiger partial charge >= 0.3 is 0 Å². The molecule has 0 aliphatic heterocycles. The van der Waals surface area contributed by atoms with E-state index in [1.54, 1.807) is 0 Å². The Labute approximate surface area is 696 Å². The lowest BCUT2D eigenvalue weighted by atomic mass is 9.84. The van der Waals surface area contributed by atoms with Gasteiger partial charge < -0.3 is 4.57 Å². The Balaban J connectivity index is 0.000000108. The van der Waals surface area contributed by atoms with E-state index in [1.807, 2.05) is 11.3 Å². The molecule has 0 radical (unpaired) electrons. The molecular formula is C116H77NSSi. The normalized spacial score (nSPS) is 11.7. The molecule has 0 spiro atoms. The van der Waals surface area contributed by atoms with Crippen LogP contribution in [0, 0.1) is 0 Å². The Morgan fingerprint density at radius 1 is 0.185 bits per heavy atom. The number of aromatic nitrogens is 1. The third-order valence-electron chi connectivity index (χ3n) is 24.6. The average Bonchev–Trinajstić information content (AvgIpc) is 1.22. The van der Waals surface area contributed by atoms with Crippen LogP contribution in [0.5, 0.6) is 0 Å². The lowest BCUT2D eigenvalue weighted by Gasteiger charge is -2.35. The Morgan fingerprint density at radius 2 is 0.563 bits per heavy atom. The average molecular weight is 1550 g/mol. The molecule has 0 unspecified atom stereocenters. The SMILES string of the molecule is c1cc(-c2ccc3cc(-c4ccc5ccccc5c4)ccc3c2)cc(-c2cc3ccccc3c3ccccc23)c1.c1ccc([Si](c2ccccc2)(c2cccc(-n3c4ccccc4c4ccccc43)c2)c2cccc3c2sc2ccccc23)cc1.c1ccc2c(-c3c4ccccc4c(-c4cccc5ccccc45)c4ccccc34)cccc2c1. The van der Waals surface area contributed by atoms with Crippen LogP contribution in [0.1, 0.15) is 0 Å². The number of benzene rings is 22. The molecule has 556 valence electrons. The predicted octanol–water partition coefficient (Wildman–Crippen LogP) is 29.5. The van der Waals surface area contributed by atoms with Crippen molar-refractivity contribution >= 4 is 168 Å². The highest BCUT2D eigenvalue weighted by molar-refractivity contribution is 7.30. The quantitative estimate of drug-likeness (QED) is 0.0557. The van der Waals surface area contributed by atoms with Gasteiger partial charge in [0, 0.05) is 36.6 Å². The Hall–Kier alpha value is -14.8. The fourth-order valence-corrected chi connectivity index (χ4v) is 25.8. The maximum atomic E-state index is 2.48. The van der Waals surface area contributed by atoms with Crippen LogP contribution in [0.15, 0.2) is 467 Å². The molecule has 119 heavy (non-hydrogen) atoms. The largest absolute Gasteiger partial charge is 0.309 e. The number of para-hydroxylation sites is 2. The van der Waals surface area contributed by atoms with Gasteiger partial charge in [0.1, 0.15) is 0 Å². The number of hydrogen-bond donors (Lipinski definition) is 0. The van der Waals surface area contributed by atoms with Crippen molar-refractivity contribution in [1.82, 2.24) is 4.57 Å². The predicted molar refractivity (Wildman–Crippen MR) is 517 cm³/mol. The minimum absolute atomic E-state index is 1.19. The lowest BCUT2D eigenvalue weighted by Crippen LogP contribution is -2.74. The van der Waals surface area contributed by atoms with E-state index in [2.05, 4.69) is 472 Å². The molecule has 0 bridgehead atoms. The second-order valence-electron chi connectivity index (χ2n) is 31.2. The van der Waals surface area contributed by atoms with Crippen molar-refractivity contribution in [3.8, 4) is 61.3 Å². The third kappa shape index (κ3) is 12.4. The molecule has 2 aromatic heterocycles. The molecule has 0 aliphatic carbocycles. The van der Waals surface area contributed by atoms with Gasteiger partial charge in [-0.25, -0.2) is 0 Å². The molecular weight excluding hydrogens is 1470 g/mol. The minimum Gasteiger partial charge on any atom is -0.309 e. The number of thiophene rings is 1. The summed E-state index contributed by atoms with van der Waals surface area (Å²) in [6.07, 6.45) is 0. The molecule has 24 rings (SSSR count). The summed E-state index contributed by atoms with van der Waals surface area (Å²) in [7, 11) is -2.81. The monoisotopic (exact) mass is 1540 g/mol. The van der Waals surface area contributed by atoms with E-state index in [9.17, 15) is 0 Å². The highest BCUT2D eigenvalue weighted by Crippen LogP contribution is 2.48. The standard InChI is InChI=1S/C42H29NSSi.C40H26.C34H22/c1-3-16-31(17-4-1)45(32-18-5-2-6-19-32,41-28-14-24-37-36-23-9-12-27-40(36)44-42(37)41)33-20-13-15-30(29-33)43-38-25-10-7-21-34(38)35-22-8-11-26-39(35)43;1-2-9-28-22-31(17-16-27(28)8-1)33-21-20-32-23-30(18-19-34(32)24-33)29-11-7-12-35(25-29)40-26-36-10-3-4-13-37(36)38-14-5-6-15-39(38)40;1-3-15-25-23(11-1)13-9-21-27(25)33-29-17-5-7-19-31(29)34(32-20-8-6-18-30(32)33)28-22-10-14-24-12-2-4-16-26(24)28/h1-29H;1-26H;1-22H. The van der Waals surface area contributed by atoms with Crippen molar-refractivity contribution in [3.05, 3.63) is 467 Å². The van der Waals surface area contributed by atoms with Gasteiger partial charge in [-0.2, -0.15) is 0 Å². The maximum Gasteiger partial charge on any atom is 0.181 e. The van der Waals surface area contributed by atoms with E-state index in [1.165, 1.54) is 210 Å². The zero-order valence-electron chi connectivity index (χ0n) is 65.3. The van der Waals surface area contributed by atoms with Crippen molar-refractivity contribution in [2.45, 2.75) is 0 Å². The molecule has 0 saturated heterocycles. The maximum absolute atomic E-state index is 2.81. The van der Waals surface area contributed by atoms with Crippen molar-refractivity contribution in [3.63, 3.8) is 0 Å². The topological polar surface area (TPSA) is 4.93 Å². The Morgan fingerprint density at radius 3 is 1.13 bits per heavy atom. The zero-order valence-corrected chi connectivity index (χ0v) is 67.1. The van der Waals surface area contributed by atoms with Crippen LogP contribution in [0.2, 0.25) is 0 Å². The van der Waals surface area contributed by atoms with Gasteiger partial charge in [0.05, 0.1) is 11.0 Å². The second kappa shape index (κ2) is 30.1. The third-order valence-corrected chi connectivity index (χ3v) is 30.8. The summed E-state index contributed by atoms with van der Waals surface area (Å²) >= 11 is 1.93. The van der Waals surface area contributed by atoms with Gasteiger partial charge in [-0.3, -0.25) is 0 Å². The van der Waals surface area contributed by atoms with Crippen LogP contribution in [-0.4, -0.2) is 12.6 Å². The molecule has 0 aliphatic rings. The highest BCUT2D eigenvalue weighted by atomic mass is 32.1. The fourth-order valence-electron chi connectivity index (χ4n) is 19.2. The molecule has 2 heterocycles. The first kappa shape index (κ1) is 70.8. The molecule has 0 saturated carbocycles. The van der Waals surface area contributed by atoms with Gasteiger partial charge in [-0.15, -0.1) is 11.3 Å². The molecule has 22 aromatic carbocycles. The fraction of sp³-hybridized carbons (Fsp3) is 0. The number of rotatable bonds is 10. The summed E-state index contributed by atoms with van der Waals surface area (Å²) in [5.41, 5.74) is 16.3. The van der Waals surface area contributed by atoms with Crippen molar-refractivity contribution in [2.75, 3.05) is 0 Å². The molecule has 0 fully saturated rings. The summed E-state index contributed by atoms with van der Waals surface area (Å²) in [6.45, 7) is 0. The van der Waals surface area contributed by atoms with Crippen molar-refractivity contribution < 1.29 is 0 Å². The summed E-state index contributed by atoms with van der Waals surface area (Å²) in [5, 5.41) is 31.3. The molecule has 0 amide bonds. The Kier molecular flexibility index (Phi) is 17.9. The lowest BCUT2D eigenvalue weighted by molar-refractivity contribution is 1.18. The van der Waals surface area contributed by atoms with E-state index >= 15 is 0 Å². The summed E-state index contributed by atoms with van der Waals surface area (Å²) in [5.74, 6) is 0. The van der Waals surface area contributed by atoms with Crippen LogP contribution in [0.25, 0.3) is 189 Å². The van der Waals surface area contributed by atoms with Crippen LogP contribution >= 0.6 is 11.3 Å². The van der Waals surface area contributed by atoms with Gasteiger partial charge in [0.15, 0.2) is 8.07 Å². The van der Waals surface area contributed by atoms with Crippen LogP contribution in [0.4, 0.5) is 0 Å². The molecule has 3 heteroatoms. The van der Waals surface area contributed by atoms with Gasteiger partial charge in [0.25, 0.3) is 0 Å². The van der Waals surface area contributed by atoms with E-state index in [-0.39, 0.29) is 0 Å². The van der Waals surface area contributed by atoms with Crippen LogP contribution in [0.3, 0.4) is 0 Å². The summed E-state index contributed by atoms with van der Waals surface area (Å²) in [6, 6.07) is 172. The van der Waals surface area contributed by atoms with Crippen molar-refractivity contribution in [2.24, 2.45) is 0 Å². The molecule has 0 atom stereocenters.